The van der Waals surface area contributed by atoms with E-state index in [0.717, 1.165) is 4.88 Å². The van der Waals surface area contributed by atoms with Crippen LogP contribution in [0.5, 0.6) is 5.75 Å². The van der Waals surface area contributed by atoms with E-state index < -0.39 is 0 Å². The van der Waals surface area contributed by atoms with Crippen molar-refractivity contribution in [1.29, 1.82) is 0 Å². The summed E-state index contributed by atoms with van der Waals surface area (Å²) in [6.07, 6.45) is 1.64. The van der Waals surface area contributed by atoms with E-state index in [4.69, 9.17) is 4.74 Å². The summed E-state index contributed by atoms with van der Waals surface area (Å²) in [4.78, 5) is 31.4. The molecule has 0 spiro atoms. The lowest BCUT2D eigenvalue weighted by atomic mass is 10.3. The Morgan fingerprint density at radius 3 is 2.71 bits per heavy atom. The zero-order valence-electron chi connectivity index (χ0n) is 16.5. The fourth-order valence-corrected chi connectivity index (χ4v) is 4.11. The summed E-state index contributed by atoms with van der Waals surface area (Å²) in [7, 11) is 1.58. The van der Waals surface area contributed by atoms with Crippen LogP contribution in [-0.4, -0.2) is 32.2 Å². The number of hydrogen-bond donors (Lipinski definition) is 1. The number of pyridine rings is 1. The third kappa shape index (κ3) is 3.44. The number of nitrogens with one attached hydrogen (secondary N) is 1. The number of rotatable bonds is 5. The monoisotopic (exact) mass is 431 g/mol. The first kappa shape index (κ1) is 19.0. The van der Waals surface area contributed by atoms with Crippen molar-refractivity contribution in [2.75, 3.05) is 12.4 Å². The summed E-state index contributed by atoms with van der Waals surface area (Å²) in [5.41, 5.74) is 2.42. The average Bonchev–Trinajstić information content (AvgIpc) is 3.47. The highest BCUT2D eigenvalue weighted by atomic mass is 32.1. The lowest BCUT2D eigenvalue weighted by molar-refractivity contribution is -0.116. The quantitative estimate of drug-likeness (QED) is 0.461. The average molecular weight is 431 g/mol. The number of aromatic nitrogens is 4. The van der Waals surface area contributed by atoms with E-state index in [-0.39, 0.29) is 18.0 Å². The minimum atomic E-state index is -0.320. The van der Waals surface area contributed by atoms with Gasteiger partial charge in [-0.25, -0.2) is 9.50 Å². The molecular weight excluding hydrogens is 414 g/mol. The van der Waals surface area contributed by atoms with E-state index in [1.165, 1.54) is 4.57 Å². The molecule has 154 valence electrons. The second kappa shape index (κ2) is 7.69. The molecule has 31 heavy (non-hydrogen) atoms. The predicted octanol–water partition coefficient (Wildman–Crippen LogP) is 3.42. The molecule has 0 aliphatic carbocycles. The molecule has 0 aliphatic rings. The Morgan fingerprint density at radius 1 is 1.13 bits per heavy atom. The highest BCUT2D eigenvalue weighted by molar-refractivity contribution is 7.13. The van der Waals surface area contributed by atoms with E-state index in [1.807, 2.05) is 17.5 Å². The molecule has 0 unspecified atom stereocenters. The van der Waals surface area contributed by atoms with Crippen LogP contribution in [-0.2, 0) is 11.3 Å². The maximum atomic E-state index is 13.3. The minimum absolute atomic E-state index is 0.150. The van der Waals surface area contributed by atoms with E-state index in [0.29, 0.717) is 33.8 Å². The second-order valence-electron chi connectivity index (χ2n) is 6.82. The van der Waals surface area contributed by atoms with Gasteiger partial charge in [-0.2, -0.15) is 5.10 Å². The van der Waals surface area contributed by atoms with Crippen LogP contribution < -0.4 is 15.6 Å². The molecule has 1 N–H and O–H groups in total. The van der Waals surface area contributed by atoms with E-state index in [1.54, 1.807) is 71.6 Å². The molecule has 1 amide bonds. The van der Waals surface area contributed by atoms with Crippen molar-refractivity contribution in [3.05, 3.63) is 76.5 Å². The fraction of sp³-hybridized carbons (Fsp3) is 0.0909. The number of benzene rings is 1. The van der Waals surface area contributed by atoms with Crippen molar-refractivity contribution in [2.24, 2.45) is 0 Å². The van der Waals surface area contributed by atoms with E-state index >= 15 is 0 Å². The molecule has 4 heterocycles. The highest BCUT2D eigenvalue weighted by Gasteiger charge is 2.17. The van der Waals surface area contributed by atoms with E-state index in [9.17, 15) is 9.59 Å². The Labute approximate surface area is 180 Å². The lowest BCUT2D eigenvalue weighted by Crippen LogP contribution is -2.29. The second-order valence-corrected chi connectivity index (χ2v) is 7.77. The van der Waals surface area contributed by atoms with Crippen molar-refractivity contribution in [2.45, 2.75) is 6.54 Å². The summed E-state index contributed by atoms with van der Waals surface area (Å²) in [6, 6.07) is 16.1. The van der Waals surface area contributed by atoms with Crippen molar-refractivity contribution >= 4 is 39.6 Å². The number of nitrogens with zero attached hydrogens (tertiary/aromatic N) is 4. The van der Waals surface area contributed by atoms with Gasteiger partial charge in [-0.1, -0.05) is 6.07 Å². The van der Waals surface area contributed by atoms with Gasteiger partial charge in [0.1, 0.15) is 23.5 Å². The molecule has 0 saturated carbocycles. The smallest absolute Gasteiger partial charge is 0.277 e. The molecule has 8 nitrogen and oxygen atoms in total. The molecule has 5 aromatic rings. The molecule has 0 saturated heterocycles. The van der Waals surface area contributed by atoms with Crippen LogP contribution in [0.15, 0.2) is 71.0 Å². The first-order chi connectivity index (χ1) is 15.1. The fourth-order valence-electron chi connectivity index (χ4n) is 3.43. The Balaban J connectivity index is 1.56. The largest absolute Gasteiger partial charge is 0.497 e. The maximum absolute atomic E-state index is 13.3. The molecule has 0 atom stereocenters. The number of carbonyl (C=O) groups is 1. The van der Waals surface area contributed by atoms with Crippen molar-refractivity contribution in [1.82, 2.24) is 19.2 Å². The maximum Gasteiger partial charge on any atom is 0.277 e. The molecular formula is C22H17N5O3S. The summed E-state index contributed by atoms with van der Waals surface area (Å²) in [6.45, 7) is -0.150. The van der Waals surface area contributed by atoms with Crippen LogP contribution in [0.4, 0.5) is 5.69 Å². The number of anilines is 1. The van der Waals surface area contributed by atoms with Gasteiger partial charge in [-0.05, 0) is 53.9 Å². The molecule has 0 radical (unpaired) electrons. The molecule has 9 heteroatoms. The molecule has 0 aliphatic heterocycles. The van der Waals surface area contributed by atoms with Gasteiger partial charge < -0.3 is 10.1 Å². The van der Waals surface area contributed by atoms with Gasteiger partial charge in [0, 0.05) is 11.9 Å². The topological polar surface area (TPSA) is 90.5 Å². The Bertz CT molecular complexity index is 1450. The SMILES string of the molecule is COc1ccc(NC(=O)Cn2c(=O)c3cc(-c4cccs4)nn3c3ncccc32)cc1. The van der Waals surface area contributed by atoms with Crippen LogP contribution in [0.1, 0.15) is 0 Å². The Kier molecular flexibility index (Phi) is 4.72. The summed E-state index contributed by atoms with van der Waals surface area (Å²) < 4.78 is 8.10. The molecule has 4 aromatic heterocycles. The minimum Gasteiger partial charge on any atom is -0.497 e. The van der Waals surface area contributed by atoms with Gasteiger partial charge in [0.25, 0.3) is 5.56 Å². The van der Waals surface area contributed by atoms with Crippen molar-refractivity contribution < 1.29 is 9.53 Å². The third-order valence-corrected chi connectivity index (χ3v) is 5.77. The standard InChI is InChI=1S/C22H17N5O3S/c1-30-15-8-6-14(7-9-15)24-20(28)13-26-17-4-2-10-23-21(17)27-18(22(26)29)12-16(25-27)19-5-3-11-31-19/h2-12H,13H2,1H3,(H,24,28). The van der Waals surface area contributed by atoms with Gasteiger partial charge in [0.05, 0.1) is 17.5 Å². The van der Waals surface area contributed by atoms with E-state index in [2.05, 4.69) is 15.4 Å². The normalized spacial score (nSPS) is 11.1. The Hall–Kier alpha value is -3.98. The van der Waals surface area contributed by atoms with Gasteiger partial charge in [-0.3, -0.25) is 14.2 Å². The van der Waals surface area contributed by atoms with Crippen LogP contribution in [0.3, 0.4) is 0 Å². The lowest BCUT2D eigenvalue weighted by Gasteiger charge is -2.11. The first-order valence-electron chi connectivity index (χ1n) is 9.49. The summed E-state index contributed by atoms with van der Waals surface area (Å²) in [5.74, 6) is 0.374. The van der Waals surface area contributed by atoms with Crippen molar-refractivity contribution in [3.8, 4) is 16.3 Å². The van der Waals surface area contributed by atoms with Crippen LogP contribution in [0, 0.1) is 0 Å². The molecule has 5 rings (SSSR count). The number of thiophene rings is 1. The molecule has 0 fully saturated rings. The molecule has 0 bridgehead atoms. The Morgan fingerprint density at radius 2 is 1.97 bits per heavy atom. The van der Waals surface area contributed by atoms with Gasteiger partial charge in [0.15, 0.2) is 5.65 Å². The number of fused-ring (bicyclic) bond motifs is 3. The number of hydrogen-bond acceptors (Lipinski definition) is 6. The summed E-state index contributed by atoms with van der Waals surface area (Å²) in [5, 5.41) is 9.36. The third-order valence-electron chi connectivity index (χ3n) is 4.88. The number of carbonyl (C=O) groups excluding carboxylic acids is 1. The van der Waals surface area contributed by atoms with Gasteiger partial charge >= 0.3 is 0 Å². The number of methoxy groups -OCH3 is 1. The van der Waals surface area contributed by atoms with Gasteiger partial charge in [-0.15, -0.1) is 11.3 Å². The first-order valence-corrected chi connectivity index (χ1v) is 10.4. The number of ether oxygens (including phenoxy) is 1. The zero-order chi connectivity index (χ0) is 21.4. The number of amides is 1. The van der Waals surface area contributed by atoms with Gasteiger partial charge in [0.2, 0.25) is 5.91 Å². The summed E-state index contributed by atoms with van der Waals surface area (Å²) >= 11 is 1.54. The predicted molar refractivity (Wildman–Crippen MR) is 120 cm³/mol. The zero-order valence-corrected chi connectivity index (χ0v) is 17.3. The van der Waals surface area contributed by atoms with Crippen LogP contribution >= 0.6 is 11.3 Å². The van der Waals surface area contributed by atoms with Crippen LogP contribution in [0.25, 0.3) is 27.3 Å². The molecule has 1 aromatic carbocycles. The highest BCUT2D eigenvalue weighted by Crippen LogP contribution is 2.25. The van der Waals surface area contributed by atoms with Crippen LogP contribution in [0.2, 0.25) is 0 Å². The van der Waals surface area contributed by atoms with Crippen molar-refractivity contribution in [3.63, 3.8) is 0 Å².